The second-order valence-electron chi connectivity index (χ2n) is 6.18. The molecule has 1 unspecified atom stereocenters. The van der Waals surface area contributed by atoms with Crippen molar-refractivity contribution in [2.24, 2.45) is 0 Å². The molecular weight excluding hydrogens is 218 g/mol. The van der Waals surface area contributed by atoms with Crippen LogP contribution in [0.1, 0.15) is 53.9 Å². The number of ether oxygens (including phenoxy) is 2. The number of methoxy groups -OCH3 is 1. The molecule has 1 heterocycles. The third kappa shape index (κ3) is 3.41. The van der Waals surface area contributed by atoms with Gasteiger partial charge in [0.2, 0.25) is 0 Å². The molecule has 17 heavy (non-hydrogen) atoms. The largest absolute Gasteiger partial charge is 0.356 e. The molecule has 1 saturated heterocycles. The zero-order valence-corrected chi connectivity index (χ0v) is 12.0. The SMILES string of the molecule is CCC(OC)OC1CC(C)(C)N(O)C(C)(C)C1. The Morgan fingerprint density at radius 3 is 2.06 bits per heavy atom. The van der Waals surface area contributed by atoms with Gasteiger partial charge < -0.3 is 14.7 Å². The summed E-state index contributed by atoms with van der Waals surface area (Å²) in [6.07, 6.45) is 2.46. The summed E-state index contributed by atoms with van der Waals surface area (Å²) >= 11 is 0. The van der Waals surface area contributed by atoms with Crippen molar-refractivity contribution in [3.8, 4) is 0 Å². The van der Waals surface area contributed by atoms with Crippen LogP contribution in [0.5, 0.6) is 0 Å². The third-order valence-electron chi connectivity index (χ3n) is 3.54. The Morgan fingerprint density at radius 1 is 1.24 bits per heavy atom. The van der Waals surface area contributed by atoms with Crippen molar-refractivity contribution in [3.05, 3.63) is 0 Å². The monoisotopic (exact) mass is 245 g/mol. The van der Waals surface area contributed by atoms with E-state index in [9.17, 15) is 5.21 Å². The highest BCUT2D eigenvalue weighted by molar-refractivity contribution is 4.96. The lowest BCUT2D eigenvalue weighted by atomic mass is 9.80. The first-order chi connectivity index (χ1) is 7.73. The van der Waals surface area contributed by atoms with Gasteiger partial charge in [-0.2, -0.15) is 5.06 Å². The molecular formula is C13H27NO3. The summed E-state index contributed by atoms with van der Waals surface area (Å²) in [5.41, 5.74) is -0.531. The molecule has 0 saturated carbocycles. The quantitative estimate of drug-likeness (QED) is 0.773. The Kier molecular flexibility index (Phi) is 4.58. The van der Waals surface area contributed by atoms with Crippen molar-refractivity contribution in [1.29, 1.82) is 0 Å². The van der Waals surface area contributed by atoms with Crippen molar-refractivity contribution < 1.29 is 14.7 Å². The van der Waals surface area contributed by atoms with Gasteiger partial charge in [0.05, 0.1) is 6.10 Å². The van der Waals surface area contributed by atoms with Crippen LogP contribution in [0.3, 0.4) is 0 Å². The summed E-state index contributed by atoms with van der Waals surface area (Å²) in [6, 6.07) is 0. The van der Waals surface area contributed by atoms with Gasteiger partial charge in [-0.05, 0) is 47.0 Å². The highest BCUT2D eigenvalue weighted by atomic mass is 16.7. The number of hydroxylamine groups is 2. The van der Waals surface area contributed by atoms with Gasteiger partial charge in [0.1, 0.15) is 0 Å². The lowest BCUT2D eigenvalue weighted by Crippen LogP contribution is -2.60. The average molecular weight is 245 g/mol. The van der Waals surface area contributed by atoms with Crippen molar-refractivity contribution in [3.63, 3.8) is 0 Å². The van der Waals surface area contributed by atoms with Crippen LogP contribution in [-0.4, -0.2) is 40.9 Å². The maximum absolute atomic E-state index is 10.2. The first-order valence-electron chi connectivity index (χ1n) is 6.40. The molecule has 0 bridgehead atoms. The normalized spacial score (nSPS) is 27.0. The topological polar surface area (TPSA) is 41.9 Å². The molecule has 1 rings (SSSR count). The summed E-state index contributed by atoms with van der Waals surface area (Å²) in [5, 5.41) is 11.6. The van der Waals surface area contributed by atoms with Crippen LogP contribution in [0.4, 0.5) is 0 Å². The van der Waals surface area contributed by atoms with E-state index in [0.717, 1.165) is 19.3 Å². The van der Waals surface area contributed by atoms with E-state index in [1.54, 1.807) is 7.11 Å². The average Bonchev–Trinajstić information content (AvgIpc) is 2.21. The Bertz CT molecular complexity index is 231. The minimum atomic E-state index is -0.265. The summed E-state index contributed by atoms with van der Waals surface area (Å²) in [5.74, 6) is 0. The minimum Gasteiger partial charge on any atom is -0.356 e. The molecule has 1 N–H and O–H groups in total. The van der Waals surface area contributed by atoms with E-state index in [-0.39, 0.29) is 23.5 Å². The summed E-state index contributed by atoms with van der Waals surface area (Å²) < 4.78 is 11.2. The van der Waals surface area contributed by atoms with E-state index in [1.807, 2.05) is 34.6 Å². The highest BCUT2D eigenvalue weighted by Crippen LogP contribution is 2.38. The minimum absolute atomic E-state index is 0.133. The van der Waals surface area contributed by atoms with Crippen molar-refractivity contribution >= 4 is 0 Å². The van der Waals surface area contributed by atoms with Crippen LogP contribution in [0.2, 0.25) is 0 Å². The van der Waals surface area contributed by atoms with E-state index in [4.69, 9.17) is 9.47 Å². The maximum atomic E-state index is 10.2. The van der Waals surface area contributed by atoms with Gasteiger partial charge in [-0.3, -0.25) is 0 Å². The number of piperidine rings is 1. The summed E-state index contributed by atoms with van der Waals surface area (Å²) in [6.45, 7) is 10.2. The highest BCUT2D eigenvalue weighted by Gasteiger charge is 2.45. The van der Waals surface area contributed by atoms with E-state index in [2.05, 4.69) is 0 Å². The first kappa shape index (κ1) is 14.9. The third-order valence-corrected chi connectivity index (χ3v) is 3.54. The summed E-state index contributed by atoms with van der Waals surface area (Å²) in [4.78, 5) is 0. The predicted octanol–water partition coefficient (Wildman–Crippen LogP) is 2.80. The molecule has 4 heteroatoms. The molecule has 0 aromatic heterocycles. The fourth-order valence-electron chi connectivity index (χ4n) is 2.81. The van der Waals surface area contributed by atoms with Gasteiger partial charge in [0.25, 0.3) is 0 Å². The van der Waals surface area contributed by atoms with Crippen LogP contribution in [0.15, 0.2) is 0 Å². The Labute approximate surface area is 105 Å². The fourth-order valence-corrected chi connectivity index (χ4v) is 2.81. The Hall–Kier alpha value is -0.160. The van der Waals surface area contributed by atoms with Crippen LogP contribution in [0, 0.1) is 0 Å². The smallest absolute Gasteiger partial charge is 0.157 e. The standard InChI is InChI=1S/C13H27NO3/c1-7-11(16-6)17-10-8-12(2,3)14(15)13(4,5)9-10/h10-11,15H,7-9H2,1-6H3. The lowest BCUT2D eigenvalue weighted by Gasteiger charge is -2.51. The van der Waals surface area contributed by atoms with E-state index >= 15 is 0 Å². The van der Waals surface area contributed by atoms with Gasteiger partial charge in [0.15, 0.2) is 6.29 Å². The zero-order chi connectivity index (χ0) is 13.3. The molecule has 0 spiro atoms. The van der Waals surface area contributed by atoms with Crippen LogP contribution < -0.4 is 0 Å². The number of nitrogens with zero attached hydrogens (tertiary/aromatic N) is 1. The molecule has 4 nitrogen and oxygen atoms in total. The van der Waals surface area contributed by atoms with Gasteiger partial charge in [-0.1, -0.05) is 6.92 Å². The molecule has 0 aromatic rings. The predicted molar refractivity (Wildman–Crippen MR) is 67.0 cm³/mol. The van der Waals surface area contributed by atoms with E-state index in [0.29, 0.717) is 0 Å². The van der Waals surface area contributed by atoms with Crippen LogP contribution >= 0.6 is 0 Å². The molecule has 0 radical (unpaired) electrons. The van der Waals surface area contributed by atoms with E-state index in [1.165, 1.54) is 5.06 Å². The molecule has 1 aliphatic rings. The second kappa shape index (κ2) is 5.22. The molecule has 0 amide bonds. The van der Waals surface area contributed by atoms with Crippen molar-refractivity contribution in [1.82, 2.24) is 5.06 Å². The Balaban J connectivity index is 2.71. The second-order valence-corrected chi connectivity index (χ2v) is 6.18. The molecule has 1 aliphatic heterocycles. The molecule has 1 atom stereocenters. The van der Waals surface area contributed by atoms with Gasteiger partial charge in [-0.25, -0.2) is 0 Å². The van der Waals surface area contributed by atoms with Gasteiger partial charge in [0, 0.05) is 18.2 Å². The molecule has 1 fully saturated rings. The lowest BCUT2D eigenvalue weighted by molar-refractivity contribution is -0.276. The van der Waals surface area contributed by atoms with Crippen LogP contribution in [0.25, 0.3) is 0 Å². The number of hydrogen-bond donors (Lipinski definition) is 1. The Morgan fingerprint density at radius 2 is 1.71 bits per heavy atom. The van der Waals surface area contributed by atoms with Crippen molar-refractivity contribution in [2.75, 3.05) is 7.11 Å². The number of hydrogen-bond acceptors (Lipinski definition) is 4. The van der Waals surface area contributed by atoms with Gasteiger partial charge >= 0.3 is 0 Å². The molecule has 102 valence electrons. The van der Waals surface area contributed by atoms with E-state index < -0.39 is 0 Å². The van der Waals surface area contributed by atoms with Gasteiger partial charge in [-0.15, -0.1) is 0 Å². The van der Waals surface area contributed by atoms with Crippen molar-refractivity contribution in [2.45, 2.75) is 77.4 Å². The number of rotatable bonds is 4. The maximum Gasteiger partial charge on any atom is 0.157 e. The van der Waals surface area contributed by atoms with Crippen LogP contribution in [-0.2, 0) is 9.47 Å². The molecule has 0 aliphatic carbocycles. The molecule has 0 aromatic carbocycles. The summed E-state index contributed by atoms with van der Waals surface area (Å²) in [7, 11) is 1.67. The zero-order valence-electron chi connectivity index (χ0n) is 12.0. The fraction of sp³-hybridized carbons (Fsp3) is 1.00. The first-order valence-corrected chi connectivity index (χ1v) is 6.40.